The minimum atomic E-state index is -0.437. The van der Waals surface area contributed by atoms with Crippen molar-refractivity contribution in [2.24, 2.45) is 0 Å². The van der Waals surface area contributed by atoms with Gasteiger partial charge >= 0.3 is 0 Å². The van der Waals surface area contributed by atoms with Gasteiger partial charge in [-0.05, 0) is 48.5 Å². The standard InChI is InChI=1S/C22H16FN5O2/c23-18-5-1-2-6-19(18)28-21-17(4-3-11-26-21)22(29)27-15-7-9-16(10-8-15)30-20-14-24-12-13-25-20/h1-14H,(H,26,28)(H,27,29). The molecule has 0 aliphatic carbocycles. The summed E-state index contributed by atoms with van der Waals surface area (Å²) in [7, 11) is 0. The van der Waals surface area contributed by atoms with E-state index in [1.807, 2.05) is 0 Å². The van der Waals surface area contributed by atoms with Crippen LogP contribution in [0.1, 0.15) is 10.4 Å². The Kier molecular flexibility index (Phi) is 5.56. The van der Waals surface area contributed by atoms with Crippen molar-refractivity contribution >= 4 is 23.1 Å². The fraction of sp³-hybridized carbons (Fsp3) is 0. The first kappa shape index (κ1) is 19.0. The van der Waals surface area contributed by atoms with Crippen molar-refractivity contribution in [1.29, 1.82) is 0 Å². The number of rotatable bonds is 6. The zero-order valence-corrected chi connectivity index (χ0v) is 15.6. The number of pyridine rings is 1. The van der Waals surface area contributed by atoms with E-state index in [1.165, 1.54) is 24.7 Å². The third kappa shape index (κ3) is 4.56. The van der Waals surface area contributed by atoms with Gasteiger partial charge in [-0.2, -0.15) is 0 Å². The van der Waals surface area contributed by atoms with Gasteiger partial charge in [0.1, 0.15) is 17.4 Å². The van der Waals surface area contributed by atoms with E-state index in [0.29, 0.717) is 17.3 Å². The lowest BCUT2D eigenvalue weighted by atomic mass is 10.2. The average molecular weight is 401 g/mol. The maximum absolute atomic E-state index is 13.9. The summed E-state index contributed by atoms with van der Waals surface area (Å²) in [4.78, 5) is 24.9. The fourth-order valence-electron chi connectivity index (χ4n) is 2.64. The number of amides is 1. The molecule has 30 heavy (non-hydrogen) atoms. The number of hydrogen-bond acceptors (Lipinski definition) is 6. The molecule has 0 spiro atoms. The van der Waals surface area contributed by atoms with Gasteiger partial charge in [0, 0.05) is 24.3 Å². The van der Waals surface area contributed by atoms with Gasteiger partial charge in [-0.15, -0.1) is 0 Å². The van der Waals surface area contributed by atoms with Crippen molar-refractivity contribution in [3.05, 3.63) is 96.8 Å². The predicted octanol–water partition coefficient (Wildman–Crippen LogP) is 4.80. The van der Waals surface area contributed by atoms with E-state index in [0.717, 1.165) is 0 Å². The third-order valence-corrected chi connectivity index (χ3v) is 4.05. The molecule has 0 fully saturated rings. The molecule has 0 bridgehead atoms. The quantitative estimate of drug-likeness (QED) is 0.482. The zero-order chi connectivity index (χ0) is 20.8. The summed E-state index contributed by atoms with van der Waals surface area (Å²) in [5.74, 6) is 0.353. The summed E-state index contributed by atoms with van der Waals surface area (Å²) < 4.78 is 19.5. The molecule has 1 amide bonds. The van der Waals surface area contributed by atoms with Crippen LogP contribution in [0.25, 0.3) is 0 Å². The van der Waals surface area contributed by atoms with E-state index in [1.54, 1.807) is 60.8 Å². The first-order chi connectivity index (χ1) is 14.7. The van der Waals surface area contributed by atoms with Crippen LogP contribution in [0.15, 0.2) is 85.5 Å². The molecule has 148 valence electrons. The SMILES string of the molecule is O=C(Nc1ccc(Oc2cnccn2)cc1)c1cccnc1Nc1ccccc1F. The van der Waals surface area contributed by atoms with Crippen LogP contribution >= 0.6 is 0 Å². The van der Waals surface area contributed by atoms with Crippen molar-refractivity contribution in [3.63, 3.8) is 0 Å². The summed E-state index contributed by atoms with van der Waals surface area (Å²) in [5, 5.41) is 5.66. The van der Waals surface area contributed by atoms with Crippen molar-refractivity contribution in [1.82, 2.24) is 15.0 Å². The van der Waals surface area contributed by atoms with Crippen LogP contribution in [0, 0.1) is 5.82 Å². The number of nitrogens with zero attached hydrogens (tertiary/aromatic N) is 3. The highest BCUT2D eigenvalue weighted by Gasteiger charge is 2.14. The van der Waals surface area contributed by atoms with Gasteiger partial charge in [-0.1, -0.05) is 12.1 Å². The van der Waals surface area contributed by atoms with Crippen LogP contribution < -0.4 is 15.4 Å². The molecule has 0 saturated heterocycles. The van der Waals surface area contributed by atoms with Crippen molar-refractivity contribution < 1.29 is 13.9 Å². The molecular weight excluding hydrogens is 385 g/mol. The Hall–Kier alpha value is -4.33. The molecule has 2 aromatic carbocycles. The van der Waals surface area contributed by atoms with Crippen LogP contribution in [-0.2, 0) is 0 Å². The number of nitrogens with one attached hydrogen (secondary N) is 2. The Labute approximate surface area is 171 Å². The molecule has 2 aromatic heterocycles. The van der Waals surface area contributed by atoms with E-state index < -0.39 is 5.82 Å². The summed E-state index contributed by atoms with van der Waals surface area (Å²) in [5.41, 5.74) is 1.07. The Bertz CT molecular complexity index is 1150. The lowest BCUT2D eigenvalue weighted by Gasteiger charge is -2.12. The van der Waals surface area contributed by atoms with Crippen molar-refractivity contribution in [2.45, 2.75) is 0 Å². The number of carbonyl (C=O) groups is 1. The monoisotopic (exact) mass is 401 g/mol. The minimum Gasteiger partial charge on any atom is -0.438 e. The van der Waals surface area contributed by atoms with Crippen molar-refractivity contribution in [3.8, 4) is 11.6 Å². The van der Waals surface area contributed by atoms with Gasteiger partial charge in [0.2, 0.25) is 5.88 Å². The number of anilines is 3. The van der Waals surface area contributed by atoms with Gasteiger partial charge in [0.15, 0.2) is 0 Å². The highest BCUT2D eigenvalue weighted by molar-refractivity contribution is 6.07. The number of ether oxygens (including phenoxy) is 1. The van der Waals surface area contributed by atoms with Gasteiger partial charge in [0.25, 0.3) is 5.91 Å². The van der Waals surface area contributed by atoms with Gasteiger partial charge in [0.05, 0.1) is 17.4 Å². The zero-order valence-electron chi connectivity index (χ0n) is 15.6. The van der Waals surface area contributed by atoms with Gasteiger partial charge < -0.3 is 15.4 Å². The average Bonchev–Trinajstić information content (AvgIpc) is 2.78. The van der Waals surface area contributed by atoms with Crippen LogP contribution in [0.4, 0.5) is 21.6 Å². The van der Waals surface area contributed by atoms with E-state index in [2.05, 4.69) is 25.6 Å². The van der Waals surface area contributed by atoms with E-state index in [4.69, 9.17) is 4.74 Å². The largest absolute Gasteiger partial charge is 0.438 e. The highest BCUT2D eigenvalue weighted by Crippen LogP contribution is 2.24. The summed E-state index contributed by atoms with van der Waals surface area (Å²) in [6, 6.07) is 16.2. The predicted molar refractivity (Wildman–Crippen MR) is 110 cm³/mol. The van der Waals surface area contributed by atoms with Crippen LogP contribution in [0.5, 0.6) is 11.6 Å². The molecule has 0 aliphatic rings. The van der Waals surface area contributed by atoms with Gasteiger partial charge in [-0.3, -0.25) is 9.78 Å². The second-order valence-corrected chi connectivity index (χ2v) is 6.13. The number of carbonyl (C=O) groups excluding carboxylic acids is 1. The lowest BCUT2D eigenvalue weighted by molar-refractivity contribution is 0.102. The van der Waals surface area contributed by atoms with Crippen LogP contribution in [0.2, 0.25) is 0 Å². The molecule has 0 atom stereocenters. The maximum atomic E-state index is 13.9. The molecule has 0 aliphatic heterocycles. The molecule has 0 saturated carbocycles. The number of para-hydroxylation sites is 1. The molecule has 4 rings (SSSR count). The third-order valence-electron chi connectivity index (χ3n) is 4.05. The topological polar surface area (TPSA) is 89.0 Å². The van der Waals surface area contributed by atoms with E-state index in [9.17, 15) is 9.18 Å². The van der Waals surface area contributed by atoms with Crippen LogP contribution in [0.3, 0.4) is 0 Å². The van der Waals surface area contributed by atoms with Crippen LogP contribution in [-0.4, -0.2) is 20.9 Å². The molecule has 7 nitrogen and oxygen atoms in total. The molecule has 4 aromatic rings. The Morgan fingerprint density at radius 1 is 0.900 bits per heavy atom. The highest BCUT2D eigenvalue weighted by atomic mass is 19.1. The molecule has 8 heteroatoms. The Morgan fingerprint density at radius 2 is 1.73 bits per heavy atom. The maximum Gasteiger partial charge on any atom is 0.259 e. The number of benzene rings is 2. The lowest BCUT2D eigenvalue weighted by Crippen LogP contribution is -2.14. The summed E-state index contributed by atoms with van der Waals surface area (Å²) >= 11 is 0. The number of aromatic nitrogens is 3. The number of hydrogen-bond donors (Lipinski definition) is 2. The fourth-order valence-corrected chi connectivity index (χ4v) is 2.64. The molecule has 2 N–H and O–H groups in total. The minimum absolute atomic E-state index is 0.232. The summed E-state index contributed by atoms with van der Waals surface area (Å²) in [6.45, 7) is 0. The first-order valence-corrected chi connectivity index (χ1v) is 9.01. The molecule has 0 unspecified atom stereocenters. The molecule has 0 radical (unpaired) electrons. The second-order valence-electron chi connectivity index (χ2n) is 6.13. The first-order valence-electron chi connectivity index (χ1n) is 9.01. The number of halogens is 1. The van der Waals surface area contributed by atoms with E-state index >= 15 is 0 Å². The second kappa shape index (κ2) is 8.78. The normalized spacial score (nSPS) is 10.3. The molecular formula is C22H16FN5O2. The van der Waals surface area contributed by atoms with Gasteiger partial charge in [-0.25, -0.2) is 14.4 Å². The Morgan fingerprint density at radius 3 is 2.50 bits per heavy atom. The van der Waals surface area contributed by atoms with E-state index in [-0.39, 0.29) is 23.0 Å². The molecule has 2 heterocycles. The van der Waals surface area contributed by atoms with Crippen molar-refractivity contribution in [2.75, 3.05) is 10.6 Å². The smallest absolute Gasteiger partial charge is 0.259 e. The summed E-state index contributed by atoms with van der Waals surface area (Å²) in [6.07, 6.45) is 6.12. The Balaban J connectivity index is 1.47.